The van der Waals surface area contributed by atoms with Crippen molar-refractivity contribution in [1.29, 1.82) is 0 Å². The van der Waals surface area contributed by atoms with Crippen molar-refractivity contribution in [2.75, 3.05) is 23.7 Å². The molecular formula is C12H18N2O5S. The van der Waals surface area contributed by atoms with E-state index in [4.69, 9.17) is 4.55 Å². The number of rotatable bonds is 8. The maximum Gasteiger partial charge on any atom is 0.264 e. The van der Waals surface area contributed by atoms with Crippen molar-refractivity contribution in [3.63, 3.8) is 0 Å². The molecule has 7 nitrogen and oxygen atoms in total. The zero-order chi connectivity index (χ0) is 15.2. The van der Waals surface area contributed by atoms with Crippen LogP contribution in [0.3, 0.4) is 0 Å². The molecule has 1 rings (SSSR count). The highest BCUT2D eigenvalue weighted by Gasteiger charge is 2.13. The molecule has 0 aliphatic heterocycles. The molecule has 1 aromatic rings. The van der Waals surface area contributed by atoms with Crippen LogP contribution in [0.15, 0.2) is 23.4 Å². The smallest absolute Gasteiger partial charge is 0.264 e. The minimum atomic E-state index is -4.00. The van der Waals surface area contributed by atoms with E-state index < -0.39 is 10.1 Å². The second-order valence-electron chi connectivity index (χ2n) is 4.39. The summed E-state index contributed by atoms with van der Waals surface area (Å²) >= 11 is 0. The molecule has 2 N–H and O–H groups in total. The summed E-state index contributed by atoms with van der Waals surface area (Å²) in [5.41, 5.74) is 0.618. The van der Waals surface area contributed by atoms with Crippen LogP contribution in [0, 0.1) is 4.91 Å². The molecule has 0 radical (unpaired) electrons. The molecule has 0 saturated heterocycles. The van der Waals surface area contributed by atoms with Gasteiger partial charge in [0.25, 0.3) is 10.1 Å². The van der Waals surface area contributed by atoms with Crippen molar-refractivity contribution in [1.82, 2.24) is 0 Å². The second kappa shape index (κ2) is 7.20. The Morgan fingerprint density at radius 1 is 1.30 bits per heavy atom. The average Bonchev–Trinajstić information content (AvgIpc) is 2.37. The van der Waals surface area contributed by atoms with Gasteiger partial charge in [-0.1, -0.05) is 6.92 Å². The maximum absolute atomic E-state index is 10.7. The van der Waals surface area contributed by atoms with Crippen molar-refractivity contribution in [2.45, 2.75) is 19.8 Å². The van der Waals surface area contributed by atoms with Crippen LogP contribution in [-0.4, -0.2) is 36.9 Å². The van der Waals surface area contributed by atoms with Gasteiger partial charge in [-0.3, -0.25) is 4.55 Å². The molecule has 8 heteroatoms. The van der Waals surface area contributed by atoms with E-state index in [1.54, 1.807) is 4.90 Å². The Morgan fingerprint density at radius 2 is 2.00 bits per heavy atom. The molecule has 20 heavy (non-hydrogen) atoms. The number of hydrogen-bond acceptors (Lipinski definition) is 6. The van der Waals surface area contributed by atoms with Crippen LogP contribution >= 0.6 is 0 Å². The number of nitrogens with zero attached hydrogens (tertiary/aromatic N) is 2. The van der Waals surface area contributed by atoms with Crippen LogP contribution in [0.2, 0.25) is 0 Å². The average molecular weight is 302 g/mol. The number of anilines is 1. The summed E-state index contributed by atoms with van der Waals surface area (Å²) < 4.78 is 30.1. The molecular weight excluding hydrogens is 284 g/mol. The van der Waals surface area contributed by atoms with E-state index in [-0.39, 0.29) is 23.6 Å². The van der Waals surface area contributed by atoms with Gasteiger partial charge in [-0.2, -0.15) is 8.42 Å². The Bertz CT molecular complexity index is 559. The van der Waals surface area contributed by atoms with Crippen LogP contribution < -0.4 is 4.90 Å². The summed E-state index contributed by atoms with van der Waals surface area (Å²) in [5, 5.41) is 12.6. The lowest BCUT2D eigenvalue weighted by atomic mass is 10.2. The van der Waals surface area contributed by atoms with Crippen molar-refractivity contribution < 1.29 is 18.1 Å². The number of benzene rings is 1. The van der Waals surface area contributed by atoms with E-state index in [0.29, 0.717) is 18.8 Å². The molecule has 0 amide bonds. The molecule has 112 valence electrons. The van der Waals surface area contributed by atoms with E-state index in [1.165, 1.54) is 18.2 Å². The predicted octanol–water partition coefficient (Wildman–Crippen LogP) is 2.28. The highest BCUT2D eigenvalue weighted by atomic mass is 32.2. The van der Waals surface area contributed by atoms with Crippen molar-refractivity contribution in [3.05, 3.63) is 23.1 Å². The van der Waals surface area contributed by atoms with Crippen LogP contribution in [0.5, 0.6) is 5.75 Å². The zero-order valence-electron chi connectivity index (χ0n) is 11.2. The summed E-state index contributed by atoms with van der Waals surface area (Å²) in [7, 11) is -4.00. The van der Waals surface area contributed by atoms with Gasteiger partial charge >= 0.3 is 0 Å². The topological polar surface area (TPSA) is 107 Å². The highest BCUT2D eigenvalue weighted by molar-refractivity contribution is 7.85. The van der Waals surface area contributed by atoms with E-state index >= 15 is 0 Å². The molecule has 0 atom stereocenters. The van der Waals surface area contributed by atoms with Crippen LogP contribution in [-0.2, 0) is 10.1 Å². The van der Waals surface area contributed by atoms with E-state index in [9.17, 15) is 18.4 Å². The SMILES string of the molecule is CCCN(CCCS(=O)(=O)O)c1cc(N=O)ccc1O. The van der Waals surface area contributed by atoms with Crippen molar-refractivity contribution >= 4 is 21.5 Å². The van der Waals surface area contributed by atoms with Crippen LogP contribution in [0.1, 0.15) is 19.8 Å². The molecule has 0 bridgehead atoms. The Morgan fingerprint density at radius 3 is 2.55 bits per heavy atom. The van der Waals surface area contributed by atoms with Gasteiger partial charge in [-0.15, -0.1) is 4.91 Å². The van der Waals surface area contributed by atoms with E-state index in [1.807, 2.05) is 6.92 Å². The maximum atomic E-state index is 10.7. The Hall–Kier alpha value is -1.67. The molecule has 0 saturated carbocycles. The molecule has 0 spiro atoms. The fraction of sp³-hybridized carbons (Fsp3) is 0.500. The minimum Gasteiger partial charge on any atom is -0.506 e. The van der Waals surface area contributed by atoms with Gasteiger partial charge in [-0.25, -0.2) is 0 Å². The lowest BCUT2D eigenvalue weighted by Gasteiger charge is -2.25. The number of nitroso groups, excluding NO2 is 1. The second-order valence-corrected chi connectivity index (χ2v) is 5.96. The minimum absolute atomic E-state index is 0.00212. The van der Waals surface area contributed by atoms with E-state index in [0.717, 1.165) is 6.42 Å². The van der Waals surface area contributed by atoms with Crippen molar-refractivity contribution in [2.24, 2.45) is 5.18 Å². The number of phenolic OH excluding ortho intramolecular Hbond substituents is 1. The molecule has 0 aromatic heterocycles. The fourth-order valence-electron chi connectivity index (χ4n) is 1.88. The molecule has 1 aromatic carbocycles. The first kappa shape index (κ1) is 16.4. The Kier molecular flexibility index (Phi) is 5.90. The summed E-state index contributed by atoms with van der Waals surface area (Å²) in [6.45, 7) is 2.86. The highest BCUT2D eigenvalue weighted by Crippen LogP contribution is 2.31. The first-order valence-corrected chi connectivity index (χ1v) is 7.84. The Labute approximate surface area is 117 Å². The fourth-order valence-corrected chi connectivity index (χ4v) is 2.38. The zero-order valence-corrected chi connectivity index (χ0v) is 12.0. The summed E-state index contributed by atoms with van der Waals surface area (Å²) in [5.74, 6) is -0.350. The number of phenols is 1. The monoisotopic (exact) mass is 302 g/mol. The first-order valence-electron chi connectivity index (χ1n) is 6.24. The lowest BCUT2D eigenvalue weighted by molar-refractivity contribution is 0.473. The number of hydrogen-bond donors (Lipinski definition) is 2. The van der Waals surface area contributed by atoms with Gasteiger partial charge in [0.15, 0.2) is 0 Å². The summed E-state index contributed by atoms with van der Waals surface area (Å²) in [4.78, 5) is 12.3. The third kappa shape index (κ3) is 5.14. The van der Waals surface area contributed by atoms with Gasteiger partial charge in [-0.05, 0) is 36.2 Å². The Balaban J connectivity index is 2.87. The third-order valence-electron chi connectivity index (χ3n) is 2.73. The lowest BCUT2D eigenvalue weighted by Crippen LogP contribution is -2.26. The van der Waals surface area contributed by atoms with Gasteiger partial charge in [0.1, 0.15) is 11.4 Å². The standard InChI is InChI=1S/C12H18N2O5S/c1-2-6-14(7-3-8-20(17,18)19)11-9-10(13-16)4-5-12(11)15/h4-5,9,15H,2-3,6-8H2,1H3,(H,17,18,19). The quantitative estimate of drug-likeness (QED) is 0.563. The first-order chi connectivity index (χ1) is 9.37. The molecule has 0 aliphatic rings. The van der Waals surface area contributed by atoms with Crippen molar-refractivity contribution in [3.8, 4) is 5.75 Å². The predicted molar refractivity (Wildman–Crippen MR) is 77.1 cm³/mol. The summed E-state index contributed by atoms with van der Waals surface area (Å²) in [6, 6.07) is 4.22. The van der Waals surface area contributed by atoms with Crippen LogP contribution in [0.25, 0.3) is 0 Å². The van der Waals surface area contributed by atoms with Crippen LogP contribution in [0.4, 0.5) is 11.4 Å². The summed E-state index contributed by atoms with van der Waals surface area (Å²) in [6.07, 6.45) is 1.00. The molecule has 0 fully saturated rings. The largest absolute Gasteiger partial charge is 0.506 e. The van der Waals surface area contributed by atoms with Gasteiger partial charge < -0.3 is 10.0 Å². The van der Waals surface area contributed by atoms with Gasteiger partial charge in [0.2, 0.25) is 0 Å². The third-order valence-corrected chi connectivity index (χ3v) is 3.53. The van der Waals surface area contributed by atoms with E-state index in [2.05, 4.69) is 5.18 Å². The van der Waals surface area contributed by atoms with Gasteiger partial charge in [0.05, 0.1) is 11.4 Å². The number of aromatic hydroxyl groups is 1. The van der Waals surface area contributed by atoms with Gasteiger partial charge in [0, 0.05) is 13.1 Å². The molecule has 0 unspecified atom stereocenters. The normalized spacial score (nSPS) is 11.3. The molecule has 0 aliphatic carbocycles. The molecule has 0 heterocycles.